The van der Waals surface area contributed by atoms with Crippen LogP contribution in [0.25, 0.3) is 16.9 Å². The normalized spacial score (nSPS) is 11.1. The third-order valence-corrected chi connectivity index (χ3v) is 4.77. The minimum atomic E-state index is -0.568. The van der Waals surface area contributed by atoms with Crippen LogP contribution < -0.4 is 11.2 Å². The Bertz CT molecular complexity index is 1340. The zero-order valence-corrected chi connectivity index (χ0v) is 16.0. The van der Waals surface area contributed by atoms with Gasteiger partial charge in [0.05, 0.1) is 12.0 Å². The summed E-state index contributed by atoms with van der Waals surface area (Å²) in [4.78, 5) is 30.4. The van der Waals surface area contributed by atoms with Crippen LogP contribution in [0, 0.1) is 5.82 Å². The molecule has 2 aromatic carbocycles. The van der Waals surface area contributed by atoms with E-state index in [4.69, 9.17) is 11.6 Å². The number of hydrogen-bond donors (Lipinski definition) is 0. The molecule has 0 amide bonds. The molecule has 4 aromatic rings. The van der Waals surface area contributed by atoms with Crippen LogP contribution in [-0.2, 0) is 13.1 Å². The molecule has 29 heavy (non-hydrogen) atoms. The Morgan fingerprint density at radius 3 is 2.59 bits per heavy atom. The van der Waals surface area contributed by atoms with E-state index in [9.17, 15) is 14.0 Å². The third-order valence-electron chi connectivity index (χ3n) is 4.54. The standard InChI is InChI=1S/C21H16ClFN4O2/c1-2-10-26-20(28)18-19(27(21(26)29)17-8-6-16(23)7-9-17)24-13-25(18)12-14-4-3-5-15(22)11-14/h2-9,11,13H,1,10,12H2. The SMILES string of the molecule is C=CCn1c(=O)c2c(ncn2Cc2cccc(Cl)c2)n(-c2ccc(F)cc2)c1=O. The average Bonchev–Trinajstić information content (AvgIpc) is 3.10. The maximum absolute atomic E-state index is 13.4. The molecule has 4 rings (SSSR count). The fourth-order valence-corrected chi connectivity index (χ4v) is 3.46. The van der Waals surface area contributed by atoms with Gasteiger partial charge in [0.1, 0.15) is 5.82 Å². The maximum Gasteiger partial charge on any atom is 0.337 e. The van der Waals surface area contributed by atoms with Crippen molar-refractivity contribution in [2.24, 2.45) is 0 Å². The summed E-state index contributed by atoms with van der Waals surface area (Å²) in [5.41, 5.74) is 0.715. The van der Waals surface area contributed by atoms with Crippen LogP contribution in [0.3, 0.4) is 0 Å². The predicted octanol–water partition coefficient (Wildman–Crippen LogP) is 3.38. The summed E-state index contributed by atoms with van der Waals surface area (Å²) in [6.45, 7) is 4.01. The van der Waals surface area contributed by atoms with Gasteiger partial charge in [-0.25, -0.2) is 18.7 Å². The highest BCUT2D eigenvalue weighted by Crippen LogP contribution is 2.17. The Labute approximate surface area is 169 Å². The third kappa shape index (κ3) is 3.40. The first-order chi connectivity index (χ1) is 14.0. The lowest BCUT2D eigenvalue weighted by Gasteiger charge is -2.12. The monoisotopic (exact) mass is 410 g/mol. The Morgan fingerprint density at radius 2 is 1.90 bits per heavy atom. The second kappa shape index (κ2) is 7.52. The van der Waals surface area contributed by atoms with Gasteiger partial charge in [-0.1, -0.05) is 29.8 Å². The lowest BCUT2D eigenvalue weighted by molar-refractivity contribution is 0.626. The zero-order valence-electron chi connectivity index (χ0n) is 15.3. The summed E-state index contributed by atoms with van der Waals surface area (Å²) >= 11 is 6.06. The van der Waals surface area contributed by atoms with E-state index in [-0.39, 0.29) is 17.7 Å². The molecule has 0 unspecified atom stereocenters. The first-order valence-corrected chi connectivity index (χ1v) is 9.19. The van der Waals surface area contributed by atoms with Gasteiger partial charge in [-0.05, 0) is 42.0 Å². The minimum Gasteiger partial charge on any atom is -0.320 e. The Morgan fingerprint density at radius 1 is 1.14 bits per heavy atom. The quantitative estimate of drug-likeness (QED) is 0.474. The minimum absolute atomic E-state index is 0.0388. The lowest BCUT2D eigenvalue weighted by atomic mass is 10.2. The molecular formula is C21H16ClFN4O2. The number of hydrogen-bond acceptors (Lipinski definition) is 3. The zero-order chi connectivity index (χ0) is 20.5. The molecule has 0 spiro atoms. The Kier molecular flexibility index (Phi) is 4.90. The van der Waals surface area contributed by atoms with E-state index in [0.717, 1.165) is 10.1 Å². The second-order valence-electron chi connectivity index (χ2n) is 6.47. The molecule has 0 saturated carbocycles. The van der Waals surface area contributed by atoms with Crippen LogP contribution >= 0.6 is 11.6 Å². The molecule has 0 fully saturated rings. The average molecular weight is 411 g/mol. The Hall–Kier alpha value is -3.45. The summed E-state index contributed by atoms with van der Waals surface area (Å²) in [6.07, 6.45) is 2.98. The summed E-state index contributed by atoms with van der Waals surface area (Å²) in [5.74, 6) is -0.427. The van der Waals surface area contributed by atoms with Crippen LogP contribution in [0.2, 0.25) is 5.02 Å². The molecule has 0 aliphatic carbocycles. The summed E-state index contributed by atoms with van der Waals surface area (Å²) < 4.78 is 17.4. The molecule has 0 N–H and O–H groups in total. The van der Waals surface area contributed by atoms with E-state index in [0.29, 0.717) is 17.3 Å². The summed E-state index contributed by atoms with van der Waals surface area (Å²) in [7, 11) is 0. The van der Waals surface area contributed by atoms with Crippen LogP contribution in [0.5, 0.6) is 0 Å². The highest BCUT2D eigenvalue weighted by Gasteiger charge is 2.19. The number of allylic oxidation sites excluding steroid dienone is 1. The highest BCUT2D eigenvalue weighted by molar-refractivity contribution is 6.30. The number of halogens is 2. The van der Waals surface area contributed by atoms with Crippen molar-refractivity contribution in [1.29, 1.82) is 0 Å². The van der Waals surface area contributed by atoms with Crippen molar-refractivity contribution in [1.82, 2.24) is 18.7 Å². The molecule has 8 heteroatoms. The number of imidazole rings is 1. The molecule has 2 aromatic heterocycles. The topological polar surface area (TPSA) is 61.8 Å². The van der Waals surface area contributed by atoms with Crippen LogP contribution in [0.15, 0.2) is 77.1 Å². The molecule has 0 saturated heterocycles. The largest absolute Gasteiger partial charge is 0.337 e. The van der Waals surface area contributed by atoms with Gasteiger partial charge in [0.2, 0.25) is 0 Å². The molecule has 0 atom stereocenters. The molecule has 6 nitrogen and oxygen atoms in total. The molecule has 0 radical (unpaired) electrons. The number of fused-ring (bicyclic) bond motifs is 1. The van der Waals surface area contributed by atoms with E-state index >= 15 is 0 Å². The fourth-order valence-electron chi connectivity index (χ4n) is 3.24. The first-order valence-electron chi connectivity index (χ1n) is 8.81. The maximum atomic E-state index is 13.4. The Balaban J connectivity index is 1.99. The fraction of sp³-hybridized carbons (Fsp3) is 0.0952. The molecule has 0 aliphatic heterocycles. The van der Waals surface area contributed by atoms with Gasteiger partial charge in [0.15, 0.2) is 11.2 Å². The van der Waals surface area contributed by atoms with E-state index in [1.165, 1.54) is 41.2 Å². The van der Waals surface area contributed by atoms with Crippen molar-refractivity contribution < 1.29 is 4.39 Å². The van der Waals surface area contributed by atoms with Crippen molar-refractivity contribution in [2.75, 3.05) is 0 Å². The van der Waals surface area contributed by atoms with Crippen molar-refractivity contribution in [3.8, 4) is 5.69 Å². The van der Waals surface area contributed by atoms with Gasteiger partial charge in [-0.15, -0.1) is 6.58 Å². The number of rotatable bonds is 5. The van der Waals surface area contributed by atoms with Crippen molar-refractivity contribution in [3.63, 3.8) is 0 Å². The van der Waals surface area contributed by atoms with Crippen LogP contribution in [-0.4, -0.2) is 18.7 Å². The van der Waals surface area contributed by atoms with Crippen molar-refractivity contribution in [3.05, 3.63) is 105 Å². The van der Waals surface area contributed by atoms with Gasteiger partial charge in [-0.2, -0.15) is 0 Å². The first kappa shape index (κ1) is 18.9. The van der Waals surface area contributed by atoms with E-state index < -0.39 is 17.1 Å². The van der Waals surface area contributed by atoms with E-state index in [1.807, 2.05) is 12.1 Å². The molecule has 2 heterocycles. The summed E-state index contributed by atoms with van der Waals surface area (Å²) in [5, 5.41) is 0.583. The van der Waals surface area contributed by atoms with Gasteiger partial charge in [0.25, 0.3) is 5.56 Å². The van der Waals surface area contributed by atoms with Gasteiger partial charge in [-0.3, -0.25) is 9.36 Å². The van der Waals surface area contributed by atoms with Crippen molar-refractivity contribution >= 4 is 22.8 Å². The highest BCUT2D eigenvalue weighted by atomic mass is 35.5. The second-order valence-corrected chi connectivity index (χ2v) is 6.91. The lowest BCUT2D eigenvalue weighted by Crippen LogP contribution is -2.39. The van der Waals surface area contributed by atoms with Gasteiger partial charge in [0, 0.05) is 18.1 Å². The number of aromatic nitrogens is 4. The smallest absolute Gasteiger partial charge is 0.320 e. The van der Waals surface area contributed by atoms with Crippen LogP contribution in [0.1, 0.15) is 5.56 Å². The molecule has 146 valence electrons. The molecule has 0 aliphatic rings. The molecule has 0 bridgehead atoms. The van der Waals surface area contributed by atoms with Gasteiger partial charge >= 0.3 is 5.69 Å². The van der Waals surface area contributed by atoms with E-state index in [2.05, 4.69) is 11.6 Å². The van der Waals surface area contributed by atoms with E-state index in [1.54, 1.807) is 16.7 Å². The summed E-state index contributed by atoms with van der Waals surface area (Å²) in [6, 6.07) is 12.7. The van der Waals surface area contributed by atoms with Crippen LogP contribution in [0.4, 0.5) is 4.39 Å². The number of nitrogens with zero attached hydrogens (tertiary/aromatic N) is 4. The number of benzene rings is 2. The van der Waals surface area contributed by atoms with Crippen molar-refractivity contribution in [2.45, 2.75) is 13.1 Å². The molecular weight excluding hydrogens is 395 g/mol. The van der Waals surface area contributed by atoms with Gasteiger partial charge < -0.3 is 4.57 Å². The predicted molar refractivity (Wildman–Crippen MR) is 110 cm³/mol.